The fourth-order valence-corrected chi connectivity index (χ4v) is 6.34. The lowest BCUT2D eigenvalue weighted by Crippen LogP contribution is -2.52. The van der Waals surface area contributed by atoms with Crippen LogP contribution in [-0.2, 0) is 32.6 Å². The Morgan fingerprint density at radius 3 is 2.31 bits per heavy atom. The number of nitrogens with one attached hydrogen (secondary N) is 1. The Labute approximate surface area is 267 Å². The summed E-state index contributed by atoms with van der Waals surface area (Å²) in [5.41, 5.74) is 2.03. The van der Waals surface area contributed by atoms with E-state index < -0.39 is 16.1 Å². The Hall–Kier alpha value is -2.59. The largest absolute Gasteiger partial charge is 0.352 e. The fraction of sp³-hybridized carbons (Fsp3) is 0.355. The van der Waals surface area contributed by atoms with Crippen LogP contribution in [0.1, 0.15) is 44.2 Å². The summed E-state index contributed by atoms with van der Waals surface area (Å²) in [5.74, 6) is -0.499. The van der Waals surface area contributed by atoms with Gasteiger partial charge < -0.3 is 10.2 Å². The van der Waals surface area contributed by atoms with E-state index in [1.54, 1.807) is 11.0 Å². The molecule has 3 aromatic rings. The fourth-order valence-electron chi connectivity index (χ4n) is 4.49. The molecule has 0 saturated heterocycles. The molecule has 2 amide bonds. The third-order valence-corrected chi connectivity index (χ3v) is 9.07. The maximum atomic E-state index is 13.9. The maximum Gasteiger partial charge on any atom is 0.243 e. The van der Waals surface area contributed by atoms with E-state index in [0.717, 1.165) is 32.6 Å². The zero-order valence-electron chi connectivity index (χ0n) is 23.9. The number of rotatable bonds is 14. The standard InChI is InChI=1S/C31H36BrCl2N3O4S/c1-4-22(2)35-31(39)29(19-23-10-6-5-7-11-23)36(21-24-12-8-13-25(32)18-24)30(38)14-9-17-37(42(3,40)41)28-20-26(33)15-16-27(28)34/h5-8,10-13,15-16,18,20,22,29H,4,9,14,17,19,21H2,1-3H3,(H,35,39)/t22-,29+/m1/s1. The second kappa shape index (κ2) is 15.8. The van der Waals surface area contributed by atoms with Crippen molar-refractivity contribution in [2.75, 3.05) is 17.1 Å². The SMILES string of the molecule is CC[C@@H](C)NC(=O)[C@H](Cc1ccccc1)N(Cc1cccc(Br)c1)C(=O)CCCN(c1cc(Cl)ccc1Cl)S(C)(=O)=O. The summed E-state index contributed by atoms with van der Waals surface area (Å²) in [6, 6.07) is 20.9. The first-order chi connectivity index (χ1) is 19.9. The van der Waals surface area contributed by atoms with Gasteiger partial charge in [-0.2, -0.15) is 0 Å². The smallest absolute Gasteiger partial charge is 0.243 e. The molecule has 0 aromatic heterocycles. The van der Waals surface area contributed by atoms with Gasteiger partial charge in [0.1, 0.15) is 6.04 Å². The molecule has 0 saturated carbocycles. The van der Waals surface area contributed by atoms with Gasteiger partial charge in [-0.15, -0.1) is 0 Å². The van der Waals surface area contributed by atoms with Crippen molar-refractivity contribution in [3.8, 4) is 0 Å². The predicted octanol–water partition coefficient (Wildman–Crippen LogP) is 6.86. The molecule has 0 aliphatic heterocycles. The van der Waals surface area contributed by atoms with Crippen molar-refractivity contribution in [1.82, 2.24) is 10.2 Å². The van der Waals surface area contributed by atoms with Crippen molar-refractivity contribution in [2.45, 2.75) is 58.2 Å². The van der Waals surface area contributed by atoms with E-state index in [4.69, 9.17) is 23.2 Å². The monoisotopic (exact) mass is 695 g/mol. The van der Waals surface area contributed by atoms with Crippen LogP contribution >= 0.6 is 39.1 Å². The van der Waals surface area contributed by atoms with E-state index in [0.29, 0.717) is 11.4 Å². The van der Waals surface area contributed by atoms with Crippen LogP contribution in [0.25, 0.3) is 0 Å². The highest BCUT2D eigenvalue weighted by Gasteiger charge is 2.31. The summed E-state index contributed by atoms with van der Waals surface area (Å²) in [6.07, 6.45) is 2.38. The number of nitrogens with zero attached hydrogens (tertiary/aromatic N) is 2. The topological polar surface area (TPSA) is 86.8 Å². The molecule has 42 heavy (non-hydrogen) atoms. The first-order valence-corrected chi connectivity index (χ1v) is 17.1. The zero-order valence-corrected chi connectivity index (χ0v) is 27.8. The van der Waals surface area contributed by atoms with Crippen molar-refractivity contribution in [3.05, 3.63) is 98.4 Å². The lowest BCUT2D eigenvalue weighted by Gasteiger charge is -2.33. The van der Waals surface area contributed by atoms with Gasteiger partial charge in [-0.25, -0.2) is 8.42 Å². The third kappa shape index (κ3) is 10.0. The van der Waals surface area contributed by atoms with Crippen LogP contribution < -0.4 is 9.62 Å². The lowest BCUT2D eigenvalue weighted by atomic mass is 10.0. The van der Waals surface area contributed by atoms with Crippen LogP contribution in [0.15, 0.2) is 77.3 Å². The molecule has 11 heteroatoms. The summed E-state index contributed by atoms with van der Waals surface area (Å²) >= 11 is 15.9. The molecule has 0 bridgehead atoms. The Morgan fingerprint density at radius 2 is 1.67 bits per heavy atom. The predicted molar refractivity (Wildman–Crippen MR) is 174 cm³/mol. The molecular weight excluding hydrogens is 661 g/mol. The molecule has 0 radical (unpaired) electrons. The minimum atomic E-state index is -3.72. The van der Waals surface area contributed by atoms with E-state index in [9.17, 15) is 18.0 Å². The molecule has 226 valence electrons. The normalized spacial score (nSPS) is 12.8. The van der Waals surface area contributed by atoms with Crippen LogP contribution in [0.3, 0.4) is 0 Å². The number of hydrogen-bond acceptors (Lipinski definition) is 4. The van der Waals surface area contributed by atoms with Gasteiger partial charge in [-0.1, -0.05) is 88.5 Å². The van der Waals surface area contributed by atoms with Crippen molar-refractivity contribution in [1.29, 1.82) is 0 Å². The van der Waals surface area contributed by atoms with E-state index in [-0.39, 0.29) is 54.5 Å². The number of carbonyl (C=O) groups is 2. The van der Waals surface area contributed by atoms with Gasteiger partial charge >= 0.3 is 0 Å². The Balaban J connectivity index is 1.91. The van der Waals surface area contributed by atoms with E-state index >= 15 is 0 Å². The van der Waals surface area contributed by atoms with Gasteiger partial charge in [0, 0.05) is 41.5 Å². The number of sulfonamides is 1. The number of halogens is 3. The quantitative estimate of drug-likeness (QED) is 0.200. The lowest BCUT2D eigenvalue weighted by molar-refractivity contribution is -0.141. The average molecular weight is 698 g/mol. The second-order valence-electron chi connectivity index (χ2n) is 10.2. The van der Waals surface area contributed by atoms with Crippen LogP contribution in [0, 0.1) is 0 Å². The number of benzene rings is 3. The molecule has 0 aliphatic rings. The summed E-state index contributed by atoms with van der Waals surface area (Å²) in [7, 11) is -3.72. The van der Waals surface area contributed by atoms with Crippen molar-refractivity contribution in [3.63, 3.8) is 0 Å². The molecule has 3 aromatic carbocycles. The van der Waals surface area contributed by atoms with Crippen molar-refractivity contribution in [2.24, 2.45) is 0 Å². The summed E-state index contributed by atoms with van der Waals surface area (Å²) < 4.78 is 27.4. The van der Waals surface area contributed by atoms with Gasteiger partial charge in [0.15, 0.2) is 0 Å². The Morgan fingerprint density at radius 1 is 0.976 bits per heavy atom. The van der Waals surface area contributed by atoms with Gasteiger partial charge in [-0.3, -0.25) is 13.9 Å². The molecule has 0 fully saturated rings. The summed E-state index contributed by atoms with van der Waals surface area (Å²) in [5, 5.41) is 3.63. The van der Waals surface area contributed by atoms with Crippen LogP contribution in [0.5, 0.6) is 0 Å². The molecule has 1 N–H and O–H groups in total. The highest BCUT2D eigenvalue weighted by molar-refractivity contribution is 9.10. The van der Waals surface area contributed by atoms with Crippen molar-refractivity contribution < 1.29 is 18.0 Å². The molecule has 0 spiro atoms. The minimum absolute atomic E-state index is 0.0117. The summed E-state index contributed by atoms with van der Waals surface area (Å²) in [6.45, 7) is 4.14. The van der Waals surface area contributed by atoms with Crippen molar-refractivity contribution >= 4 is 66.7 Å². The second-order valence-corrected chi connectivity index (χ2v) is 13.9. The van der Waals surface area contributed by atoms with E-state index in [2.05, 4.69) is 21.2 Å². The molecule has 0 unspecified atom stereocenters. The molecule has 7 nitrogen and oxygen atoms in total. The van der Waals surface area contributed by atoms with Gasteiger partial charge in [0.05, 0.1) is 17.0 Å². The van der Waals surface area contributed by atoms with Crippen LogP contribution in [-0.4, -0.2) is 50.0 Å². The van der Waals surface area contributed by atoms with Crippen LogP contribution in [0.4, 0.5) is 5.69 Å². The maximum absolute atomic E-state index is 13.9. The third-order valence-electron chi connectivity index (χ3n) is 6.84. The van der Waals surface area contributed by atoms with Gasteiger partial charge in [0.25, 0.3) is 0 Å². The number of carbonyl (C=O) groups excluding carboxylic acids is 2. The van der Waals surface area contributed by atoms with Gasteiger partial charge in [0.2, 0.25) is 21.8 Å². The molecule has 2 atom stereocenters. The summed E-state index contributed by atoms with van der Waals surface area (Å²) in [4.78, 5) is 29.2. The van der Waals surface area contributed by atoms with E-state index in [1.165, 1.54) is 12.1 Å². The highest BCUT2D eigenvalue weighted by atomic mass is 79.9. The molecule has 0 heterocycles. The zero-order chi connectivity index (χ0) is 30.9. The molecular formula is C31H36BrCl2N3O4S. The minimum Gasteiger partial charge on any atom is -0.352 e. The number of amides is 2. The van der Waals surface area contributed by atoms with E-state index in [1.807, 2.05) is 68.4 Å². The molecule has 3 rings (SSSR count). The van der Waals surface area contributed by atoms with Gasteiger partial charge in [-0.05, 0) is 61.2 Å². The Bertz CT molecular complexity index is 1470. The number of hydrogen-bond donors (Lipinski definition) is 1. The highest BCUT2D eigenvalue weighted by Crippen LogP contribution is 2.31. The van der Waals surface area contributed by atoms with Crippen LogP contribution in [0.2, 0.25) is 10.0 Å². The Kier molecular flexibility index (Phi) is 12.7. The molecule has 0 aliphatic carbocycles. The first-order valence-electron chi connectivity index (χ1n) is 13.7. The average Bonchev–Trinajstić information content (AvgIpc) is 2.94. The first kappa shape index (κ1) is 33.9. The number of anilines is 1.